The second-order valence-corrected chi connectivity index (χ2v) is 8.26. The third kappa shape index (κ3) is 4.03. The number of hydrogen-bond donors (Lipinski definition) is 1. The topological polar surface area (TPSA) is 103 Å². The van der Waals surface area contributed by atoms with Crippen LogP contribution >= 0.6 is 11.3 Å². The summed E-state index contributed by atoms with van der Waals surface area (Å²) in [4.78, 5) is 35.4. The number of carbonyl (C=O) groups excluding carboxylic acids is 1. The van der Waals surface area contributed by atoms with Crippen molar-refractivity contribution in [2.24, 2.45) is 0 Å². The molecule has 0 fully saturated rings. The van der Waals surface area contributed by atoms with E-state index in [0.717, 1.165) is 5.56 Å². The van der Waals surface area contributed by atoms with Gasteiger partial charge in [0, 0.05) is 11.3 Å². The van der Waals surface area contributed by atoms with E-state index in [-0.39, 0.29) is 12.1 Å². The summed E-state index contributed by atoms with van der Waals surface area (Å²) in [6.07, 6.45) is 1.33. The summed E-state index contributed by atoms with van der Waals surface area (Å²) < 4.78 is 19.7. The quantitative estimate of drug-likeness (QED) is 0.420. The first kappa shape index (κ1) is 20.7. The molecule has 0 aliphatic heterocycles. The van der Waals surface area contributed by atoms with Crippen molar-refractivity contribution in [3.63, 3.8) is 0 Å². The third-order valence-corrected chi connectivity index (χ3v) is 6.20. The molecule has 0 aliphatic carbocycles. The summed E-state index contributed by atoms with van der Waals surface area (Å²) in [5, 5.41) is 7.07. The highest BCUT2D eigenvalue weighted by molar-refractivity contribution is 7.22. The van der Waals surface area contributed by atoms with Gasteiger partial charge in [0.1, 0.15) is 17.2 Å². The van der Waals surface area contributed by atoms with E-state index in [9.17, 15) is 14.0 Å². The summed E-state index contributed by atoms with van der Waals surface area (Å²) in [6, 6.07) is 14.8. The van der Waals surface area contributed by atoms with Crippen LogP contribution in [0.4, 0.5) is 10.1 Å². The highest BCUT2D eigenvalue weighted by Gasteiger charge is 2.21. The van der Waals surface area contributed by atoms with Crippen LogP contribution < -0.4 is 10.9 Å². The first-order valence-corrected chi connectivity index (χ1v) is 10.7. The summed E-state index contributed by atoms with van der Waals surface area (Å²) in [5.41, 5.74) is 1.56. The van der Waals surface area contributed by atoms with E-state index in [0.29, 0.717) is 38.1 Å². The standard InChI is InChI=1S/C23H16FN5O3S/c1-13-18-22(33-19(13)21-27-20(28-32-21)14-5-3-2-4-6-14)25-12-29(23(18)31)11-17(30)26-16-9-7-15(24)8-10-16/h2-10,12H,11H2,1H3,(H,26,30). The molecule has 0 radical (unpaired) electrons. The van der Waals surface area contributed by atoms with Gasteiger partial charge in [-0.2, -0.15) is 4.98 Å². The molecule has 0 spiro atoms. The molecule has 164 valence electrons. The highest BCUT2D eigenvalue weighted by atomic mass is 32.1. The van der Waals surface area contributed by atoms with Crippen molar-refractivity contribution in [1.82, 2.24) is 19.7 Å². The summed E-state index contributed by atoms with van der Waals surface area (Å²) in [7, 11) is 0. The second kappa shape index (κ2) is 8.40. The number of nitrogens with one attached hydrogen (secondary N) is 1. The molecule has 8 nitrogen and oxygen atoms in total. The van der Waals surface area contributed by atoms with Crippen LogP contribution in [0.1, 0.15) is 5.56 Å². The fourth-order valence-electron chi connectivity index (χ4n) is 3.38. The van der Waals surface area contributed by atoms with E-state index in [1.54, 1.807) is 6.92 Å². The van der Waals surface area contributed by atoms with Crippen LogP contribution in [0.15, 0.2) is 70.2 Å². The van der Waals surface area contributed by atoms with Crippen LogP contribution in [0.5, 0.6) is 0 Å². The van der Waals surface area contributed by atoms with Crippen molar-refractivity contribution in [1.29, 1.82) is 0 Å². The van der Waals surface area contributed by atoms with Crippen LogP contribution in [-0.4, -0.2) is 25.6 Å². The van der Waals surface area contributed by atoms with Crippen LogP contribution in [0.3, 0.4) is 0 Å². The van der Waals surface area contributed by atoms with Gasteiger partial charge in [0.25, 0.3) is 11.4 Å². The van der Waals surface area contributed by atoms with Gasteiger partial charge in [0.2, 0.25) is 11.7 Å². The predicted octanol–water partition coefficient (Wildman–Crippen LogP) is 4.26. The Balaban J connectivity index is 1.44. The predicted molar refractivity (Wildman–Crippen MR) is 122 cm³/mol. The Morgan fingerprint density at radius 1 is 1.15 bits per heavy atom. The van der Waals surface area contributed by atoms with E-state index < -0.39 is 11.7 Å². The van der Waals surface area contributed by atoms with Gasteiger partial charge >= 0.3 is 0 Å². The van der Waals surface area contributed by atoms with Gasteiger partial charge in [-0.3, -0.25) is 14.2 Å². The first-order valence-electron chi connectivity index (χ1n) is 9.93. The Bertz CT molecular complexity index is 1520. The van der Waals surface area contributed by atoms with Crippen molar-refractivity contribution >= 4 is 33.1 Å². The molecule has 0 atom stereocenters. The number of rotatable bonds is 5. The molecule has 1 amide bonds. The average Bonchev–Trinajstić information content (AvgIpc) is 3.43. The largest absolute Gasteiger partial charge is 0.333 e. The van der Waals surface area contributed by atoms with Gasteiger partial charge in [-0.05, 0) is 36.8 Å². The van der Waals surface area contributed by atoms with Crippen molar-refractivity contribution in [3.05, 3.63) is 82.7 Å². The number of benzene rings is 2. The average molecular weight is 461 g/mol. The molecule has 0 aliphatic rings. The molecule has 5 aromatic rings. The van der Waals surface area contributed by atoms with Gasteiger partial charge in [0.15, 0.2) is 0 Å². The number of carbonyl (C=O) groups is 1. The Labute approximate surface area is 190 Å². The Kier molecular flexibility index (Phi) is 5.27. The number of nitrogens with zero attached hydrogens (tertiary/aromatic N) is 4. The number of aryl methyl sites for hydroxylation is 1. The molecule has 3 heterocycles. The zero-order chi connectivity index (χ0) is 22.9. The summed E-state index contributed by atoms with van der Waals surface area (Å²) in [6.45, 7) is 1.55. The monoisotopic (exact) mass is 461 g/mol. The van der Waals surface area contributed by atoms with Gasteiger partial charge in [-0.15, -0.1) is 11.3 Å². The summed E-state index contributed by atoms with van der Waals surface area (Å²) in [5.74, 6) is -0.0817. The first-order chi connectivity index (χ1) is 16.0. The van der Waals surface area contributed by atoms with E-state index in [2.05, 4.69) is 20.4 Å². The van der Waals surface area contributed by atoms with Crippen LogP contribution in [0.2, 0.25) is 0 Å². The van der Waals surface area contributed by atoms with Crippen molar-refractivity contribution in [2.45, 2.75) is 13.5 Å². The minimum atomic E-state index is -0.428. The molecular weight excluding hydrogens is 445 g/mol. The number of halogens is 1. The van der Waals surface area contributed by atoms with Gasteiger partial charge in [-0.1, -0.05) is 35.5 Å². The lowest BCUT2D eigenvalue weighted by Gasteiger charge is -2.07. The van der Waals surface area contributed by atoms with Crippen molar-refractivity contribution in [3.8, 4) is 22.2 Å². The molecule has 0 saturated heterocycles. The lowest BCUT2D eigenvalue weighted by Crippen LogP contribution is -2.27. The van der Waals surface area contributed by atoms with E-state index in [1.807, 2.05) is 30.3 Å². The molecule has 33 heavy (non-hydrogen) atoms. The van der Waals surface area contributed by atoms with E-state index >= 15 is 0 Å². The van der Waals surface area contributed by atoms with Crippen molar-refractivity contribution in [2.75, 3.05) is 5.32 Å². The van der Waals surface area contributed by atoms with Gasteiger partial charge in [0.05, 0.1) is 16.6 Å². The van der Waals surface area contributed by atoms with E-state index in [1.165, 1.54) is 46.5 Å². The molecule has 0 unspecified atom stereocenters. The molecule has 10 heteroatoms. The maximum atomic E-state index is 13.1. The number of fused-ring (bicyclic) bond motifs is 1. The lowest BCUT2D eigenvalue weighted by molar-refractivity contribution is -0.116. The number of amides is 1. The SMILES string of the molecule is Cc1c(-c2nc(-c3ccccc3)no2)sc2ncn(CC(=O)Nc3ccc(F)cc3)c(=O)c12. The molecular formula is C23H16FN5O3S. The molecule has 1 N–H and O–H groups in total. The molecule has 5 rings (SSSR count). The highest BCUT2D eigenvalue weighted by Crippen LogP contribution is 2.35. The minimum absolute atomic E-state index is 0.234. The number of anilines is 1. The van der Waals surface area contributed by atoms with Gasteiger partial charge in [-0.25, -0.2) is 9.37 Å². The molecule has 0 bridgehead atoms. The minimum Gasteiger partial charge on any atom is -0.333 e. The maximum absolute atomic E-state index is 13.1. The van der Waals surface area contributed by atoms with Crippen LogP contribution in [-0.2, 0) is 11.3 Å². The normalized spacial score (nSPS) is 11.1. The molecule has 2 aromatic carbocycles. The fraction of sp³-hybridized carbons (Fsp3) is 0.0870. The summed E-state index contributed by atoms with van der Waals surface area (Å²) >= 11 is 1.27. The fourth-order valence-corrected chi connectivity index (χ4v) is 4.45. The van der Waals surface area contributed by atoms with Crippen LogP contribution in [0, 0.1) is 12.7 Å². The Morgan fingerprint density at radius 2 is 1.91 bits per heavy atom. The zero-order valence-electron chi connectivity index (χ0n) is 17.3. The van der Waals surface area contributed by atoms with Crippen LogP contribution in [0.25, 0.3) is 32.4 Å². The smallest absolute Gasteiger partial charge is 0.268 e. The Morgan fingerprint density at radius 3 is 2.67 bits per heavy atom. The van der Waals surface area contributed by atoms with Crippen molar-refractivity contribution < 1.29 is 13.7 Å². The maximum Gasteiger partial charge on any atom is 0.268 e. The Hall–Kier alpha value is -4.18. The zero-order valence-corrected chi connectivity index (χ0v) is 18.1. The van der Waals surface area contributed by atoms with Gasteiger partial charge < -0.3 is 9.84 Å². The third-order valence-electron chi connectivity index (χ3n) is 5.01. The number of aromatic nitrogens is 4. The van der Waals surface area contributed by atoms with E-state index in [4.69, 9.17) is 4.52 Å². The second-order valence-electron chi connectivity index (χ2n) is 7.26. The molecule has 3 aromatic heterocycles. The number of thiophene rings is 1. The number of hydrogen-bond acceptors (Lipinski definition) is 7. The molecule has 0 saturated carbocycles. The lowest BCUT2D eigenvalue weighted by atomic mass is 10.2.